The average molecular weight is 432 g/mol. The standard InChI is InChI=1S/C18H14ClN5O4S/c19-11-3-5-12(6-4-11)20-15(25)7-8-16-21-14(24-28-16)10-29-18-23-22-17(27-18)13-2-1-9-26-13/h1-6,9H,7-8,10H2,(H,20,25). The molecule has 0 radical (unpaired) electrons. The van der Waals surface area contributed by atoms with E-state index in [9.17, 15) is 4.79 Å². The fourth-order valence-corrected chi connectivity index (χ4v) is 3.05. The van der Waals surface area contributed by atoms with Crippen molar-refractivity contribution in [2.75, 3.05) is 5.32 Å². The number of hydrogen-bond acceptors (Lipinski definition) is 9. The zero-order chi connectivity index (χ0) is 20.1. The summed E-state index contributed by atoms with van der Waals surface area (Å²) in [6, 6.07) is 10.4. The van der Waals surface area contributed by atoms with Gasteiger partial charge in [0, 0.05) is 23.6 Å². The van der Waals surface area contributed by atoms with Crippen molar-refractivity contribution in [1.29, 1.82) is 0 Å². The third-order valence-corrected chi connectivity index (χ3v) is 4.73. The molecule has 0 fully saturated rings. The molecule has 0 bridgehead atoms. The van der Waals surface area contributed by atoms with Crippen LogP contribution in [0.2, 0.25) is 5.02 Å². The van der Waals surface area contributed by atoms with E-state index in [-0.39, 0.29) is 12.3 Å². The van der Waals surface area contributed by atoms with Gasteiger partial charge in [0.05, 0.1) is 12.0 Å². The van der Waals surface area contributed by atoms with Gasteiger partial charge in [-0.3, -0.25) is 4.79 Å². The highest BCUT2D eigenvalue weighted by molar-refractivity contribution is 7.98. The molecule has 3 heterocycles. The second-order valence-corrected chi connectivity index (χ2v) is 7.16. The van der Waals surface area contributed by atoms with Gasteiger partial charge < -0.3 is 18.7 Å². The molecule has 1 N–H and O–H groups in total. The molecule has 4 rings (SSSR count). The average Bonchev–Trinajstić information content (AvgIpc) is 3.47. The Balaban J connectivity index is 1.24. The van der Waals surface area contributed by atoms with Crippen LogP contribution in [-0.2, 0) is 17.0 Å². The van der Waals surface area contributed by atoms with E-state index < -0.39 is 0 Å². The van der Waals surface area contributed by atoms with Gasteiger partial charge in [-0.2, -0.15) is 4.98 Å². The molecule has 1 amide bonds. The maximum absolute atomic E-state index is 12.0. The van der Waals surface area contributed by atoms with Crippen LogP contribution in [0.5, 0.6) is 0 Å². The fourth-order valence-electron chi connectivity index (χ4n) is 2.32. The number of carbonyl (C=O) groups is 1. The Bertz CT molecular complexity index is 1080. The van der Waals surface area contributed by atoms with E-state index in [1.807, 2.05) is 0 Å². The smallest absolute Gasteiger partial charge is 0.284 e. The SMILES string of the molecule is O=C(CCc1nc(CSc2nnc(-c3ccco3)o2)no1)Nc1ccc(Cl)cc1. The number of carbonyl (C=O) groups excluding carboxylic acids is 1. The summed E-state index contributed by atoms with van der Waals surface area (Å²) in [4.78, 5) is 16.3. The summed E-state index contributed by atoms with van der Waals surface area (Å²) in [5.41, 5.74) is 0.676. The van der Waals surface area contributed by atoms with Gasteiger partial charge in [-0.15, -0.1) is 10.2 Å². The van der Waals surface area contributed by atoms with Gasteiger partial charge in [0.1, 0.15) is 0 Å². The topological polar surface area (TPSA) is 120 Å². The van der Waals surface area contributed by atoms with Crippen LogP contribution in [0.25, 0.3) is 11.7 Å². The van der Waals surface area contributed by atoms with Crippen molar-refractivity contribution in [2.45, 2.75) is 23.8 Å². The van der Waals surface area contributed by atoms with E-state index in [0.717, 1.165) is 0 Å². The van der Waals surface area contributed by atoms with Crippen LogP contribution in [0.1, 0.15) is 18.1 Å². The van der Waals surface area contributed by atoms with Crippen LogP contribution in [0.3, 0.4) is 0 Å². The number of nitrogens with one attached hydrogen (secondary N) is 1. The molecule has 0 aliphatic carbocycles. The molecule has 0 atom stereocenters. The predicted octanol–water partition coefficient (Wildman–Crippen LogP) is 4.23. The quantitative estimate of drug-likeness (QED) is 0.408. The number of rotatable bonds is 8. The third-order valence-electron chi connectivity index (χ3n) is 3.67. The van der Waals surface area contributed by atoms with Gasteiger partial charge in [-0.05, 0) is 36.4 Å². The minimum atomic E-state index is -0.155. The molecule has 0 saturated carbocycles. The largest absolute Gasteiger partial charge is 0.459 e. The van der Waals surface area contributed by atoms with Crippen LogP contribution in [-0.4, -0.2) is 26.2 Å². The highest BCUT2D eigenvalue weighted by atomic mass is 35.5. The number of benzene rings is 1. The van der Waals surface area contributed by atoms with Crippen LogP contribution >= 0.6 is 23.4 Å². The molecular weight excluding hydrogens is 418 g/mol. The van der Waals surface area contributed by atoms with Crippen LogP contribution in [0.15, 0.2) is 61.2 Å². The van der Waals surface area contributed by atoms with E-state index >= 15 is 0 Å². The summed E-state index contributed by atoms with van der Waals surface area (Å²) in [6.07, 6.45) is 2.08. The normalized spacial score (nSPS) is 10.9. The van der Waals surface area contributed by atoms with E-state index in [4.69, 9.17) is 25.0 Å². The summed E-state index contributed by atoms with van der Waals surface area (Å²) in [7, 11) is 0. The molecule has 3 aromatic heterocycles. The van der Waals surface area contributed by atoms with Crippen molar-refractivity contribution in [2.24, 2.45) is 0 Å². The first-order chi connectivity index (χ1) is 14.2. The number of thioether (sulfide) groups is 1. The Hall–Kier alpha value is -3.11. The lowest BCUT2D eigenvalue weighted by Crippen LogP contribution is -2.12. The lowest BCUT2D eigenvalue weighted by atomic mass is 10.2. The molecular formula is C18H14ClN5O4S. The van der Waals surface area contributed by atoms with Crippen molar-refractivity contribution < 1.29 is 18.2 Å². The van der Waals surface area contributed by atoms with Crippen LogP contribution < -0.4 is 5.32 Å². The molecule has 0 spiro atoms. The van der Waals surface area contributed by atoms with E-state index in [1.165, 1.54) is 18.0 Å². The maximum atomic E-state index is 12.0. The van der Waals surface area contributed by atoms with Gasteiger partial charge in [-0.25, -0.2) is 0 Å². The first-order valence-electron chi connectivity index (χ1n) is 8.53. The van der Waals surface area contributed by atoms with Gasteiger partial charge in [-0.1, -0.05) is 28.5 Å². The first kappa shape index (κ1) is 19.2. The summed E-state index contributed by atoms with van der Waals surface area (Å²) in [5.74, 6) is 1.90. The monoisotopic (exact) mass is 431 g/mol. The molecule has 11 heteroatoms. The number of aromatic nitrogens is 4. The highest BCUT2D eigenvalue weighted by Crippen LogP contribution is 2.25. The summed E-state index contributed by atoms with van der Waals surface area (Å²) in [6.45, 7) is 0. The Kier molecular flexibility index (Phi) is 5.92. The molecule has 9 nitrogen and oxygen atoms in total. The third kappa shape index (κ3) is 5.24. The summed E-state index contributed by atoms with van der Waals surface area (Å²) >= 11 is 7.10. The molecule has 0 unspecified atom stereocenters. The number of anilines is 1. The lowest BCUT2D eigenvalue weighted by molar-refractivity contribution is -0.116. The molecule has 0 aliphatic rings. The zero-order valence-corrected chi connectivity index (χ0v) is 16.4. The number of halogens is 1. The molecule has 1 aromatic carbocycles. The van der Waals surface area contributed by atoms with E-state index in [2.05, 4.69) is 25.7 Å². The van der Waals surface area contributed by atoms with Gasteiger partial charge in [0.15, 0.2) is 11.6 Å². The number of amides is 1. The molecule has 0 aliphatic heterocycles. The van der Waals surface area contributed by atoms with Crippen molar-refractivity contribution >= 4 is 35.0 Å². The number of furan rings is 1. The lowest BCUT2D eigenvalue weighted by Gasteiger charge is -2.03. The van der Waals surface area contributed by atoms with E-state index in [1.54, 1.807) is 36.4 Å². The fraction of sp³-hybridized carbons (Fsp3) is 0.167. The minimum Gasteiger partial charge on any atom is -0.459 e. The van der Waals surface area contributed by atoms with Gasteiger partial charge in [0.25, 0.3) is 11.1 Å². The van der Waals surface area contributed by atoms with E-state index in [0.29, 0.717) is 51.5 Å². The Morgan fingerprint density at radius 2 is 2.03 bits per heavy atom. The molecule has 4 aromatic rings. The molecule has 29 heavy (non-hydrogen) atoms. The Morgan fingerprint density at radius 1 is 1.17 bits per heavy atom. The summed E-state index contributed by atoms with van der Waals surface area (Å²) < 4.78 is 15.9. The van der Waals surface area contributed by atoms with Crippen molar-refractivity contribution in [3.05, 3.63) is 59.4 Å². The Labute approximate surface area is 173 Å². The van der Waals surface area contributed by atoms with Crippen molar-refractivity contribution in [1.82, 2.24) is 20.3 Å². The number of nitrogens with zero attached hydrogens (tertiary/aromatic N) is 4. The van der Waals surface area contributed by atoms with Gasteiger partial charge in [0.2, 0.25) is 11.8 Å². The molecule has 148 valence electrons. The maximum Gasteiger partial charge on any atom is 0.284 e. The predicted molar refractivity (Wildman–Crippen MR) is 104 cm³/mol. The number of hydrogen-bond donors (Lipinski definition) is 1. The summed E-state index contributed by atoms with van der Waals surface area (Å²) in [5, 5.41) is 15.5. The first-order valence-corrected chi connectivity index (χ1v) is 9.89. The molecule has 0 saturated heterocycles. The second-order valence-electron chi connectivity index (χ2n) is 5.80. The second kappa shape index (κ2) is 8.93. The van der Waals surface area contributed by atoms with Crippen molar-refractivity contribution in [3.63, 3.8) is 0 Å². The highest BCUT2D eigenvalue weighted by Gasteiger charge is 2.14. The Morgan fingerprint density at radius 3 is 2.83 bits per heavy atom. The van der Waals surface area contributed by atoms with Gasteiger partial charge >= 0.3 is 0 Å². The van der Waals surface area contributed by atoms with Crippen LogP contribution in [0, 0.1) is 0 Å². The minimum absolute atomic E-state index is 0.155. The van der Waals surface area contributed by atoms with Crippen LogP contribution in [0.4, 0.5) is 5.69 Å². The zero-order valence-electron chi connectivity index (χ0n) is 14.9. The number of aryl methyl sites for hydroxylation is 1. The van der Waals surface area contributed by atoms with Crippen molar-refractivity contribution in [3.8, 4) is 11.7 Å².